The lowest BCUT2D eigenvalue weighted by atomic mass is 9.75. The standard InChI is InChI=1S/C20H21NO4/c22-18(23)20(12-7-13-20)21(14-16-8-3-1-4-9-16)19(24)25-15-17-10-5-2-6-11-17/h1-6,8-11H,7,12-15H2,(H,22,23). The maximum Gasteiger partial charge on any atom is 0.411 e. The van der Waals surface area contributed by atoms with E-state index in [-0.39, 0.29) is 13.2 Å². The lowest BCUT2D eigenvalue weighted by Gasteiger charge is -2.46. The number of ether oxygens (including phenoxy) is 1. The molecule has 130 valence electrons. The van der Waals surface area contributed by atoms with Gasteiger partial charge in [-0.25, -0.2) is 9.59 Å². The monoisotopic (exact) mass is 339 g/mol. The number of carbonyl (C=O) groups is 2. The maximum atomic E-state index is 12.7. The van der Waals surface area contributed by atoms with Gasteiger partial charge in [0.25, 0.3) is 0 Å². The molecule has 2 aromatic carbocycles. The van der Waals surface area contributed by atoms with E-state index in [0.717, 1.165) is 17.5 Å². The van der Waals surface area contributed by atoms with Crippen LogP contribution < -0.4 is 0 Å². The van der Waals surface area contributed by atoms with Crippen molar-refractivity contribution in [2.75, 3.05) is 0 Å². The summed E-state index contributed by atoms with van der Waals surface area (Å²) in [6.07, 6.45) is 1.11. The Labute approximate surface area is 146 Å². The van der Waals surface area contributed by atoms with E-state index in [1.54, 1.807) is 0 Å². The molecule has 5 heteroatoms. The predicted molar refractivity (Wildman–Crippen MR) is 92.8 cm³/mol. The minimum absolute atomic E-state index is 0.126. The molecular weight excluding hydrogens is 318 g/mol. The molecule has 1 fully saturated rings. The second-order valence-electron chi connectivity index (χ2n) is 6.30. The third kappa shape index (κ3) is 3.65. The number of benzene rings is 2. The number of aliphatic carboxylic acids is 1. The van der Waals surface area contributed by atoms with Crippen molar-refractivity contribution in [3.05, 3.63) is 71.8 Å². The van der Waals surface area contributed by atoms with Gasteiger partial charge < -0.3 is 9.84 Å². The van der Waals surface area contributed by atoms with Crippen LogP contribution >= 0.6 is 0 Å². The lowest BCUT2D eigenvalue weighted by Crippen LogP contribution is -2.60. The lowest BCUT2D eigenvalue weighted by molar-refractivity contribution is -0.157. The van der Waals surface area contributed by atoms with Crippen LogP contribution in [-0.4, -0.2) is 27.6 Å². The molecule has 0 atom stereocenters. The van der Waals surface area contributed by atoms with Crippen LogP contribution in [0.25, 0.3) is 0 Å². The van der Waals surface area contributed by atoms with E-state index in [9.17, 15) is 14.7 Å². The normalized spacial score (nSPS) is 15.0. The highest BCUT2D eigenvalue weighted by molar-refractivity contribution is 5.85. The molecule has 2 aromatic rings. The molecule has 0 aliphatic heterocycles. The molecule has 0 radical (unpaired) electrons. The summed E-state index contributed by atoms with van der Waals surface area (Å²) in [6, 6.07) is 18.8. The Morgan fingerprint density at radius 2 is 1.52 bits per heavy atom. The van der Waals surface area contributed by atoms with Crippen LogP contribution in [0.15, 0.2) is 60.7 Å². The average molecular weight is 339 g/mol. The second-order valence-corrected chi connectivity index (χ2v) is 6.30. The highest BCUT2D eigenvalue weighted by Crippen LogP contribution is 2.39. The summed E-state index contributed by atoms with van der Waals surface area (Å²) in [5.41, 5.74) is 0.587. The predicted octanol–water partition coefficient (Wildman–Crippen LogP) is 3.83. The van der Waals surface area contributed by atoms with Gasteiger partial charge in [-0.15, -0.1) is 0 Å². The molecule has 0 heterocycles. The van der Waals surface area contributed by atoms with Crippen LogP contribution in [0.2, 0.25) is 0 Å². The number of nitrogens with zero attached hydrogens (tertiary/aromatic N) is 1. The highest BCUT2D eigenvalue weighted by atomic mass is 16.6. The van der Waals surface area contributed by atoms with Gasteiger partial charge in [-0.3, -0.25) is 4.90 Å². The molecule has 5 nitrogen and oxygen atoms in total. The van der Waals surface area contributed by atoms with E-state index in [1.807, 2.05) is 60.7 Å². The first-order valence-electron chi connectivity index (χ1n) is 8.37. The second kappa shape index (κ2) is 7.38. The molecule has 0 bridgehead atoms. The third-order valence-corrected chi connectivity index (χ3v) is 4.70. The number of carbonyl (C=O) groups excluding carboxylic acids is 1. The minimum Gasteiger partial charge on any atom is -0.479 e. The van der Waals surface area contributed by atoms with Crippen LogP contribution in [0.1, 0.15) is 30.4 Å². The fraction of sp³-hybridized carbons (Fsp3) is 0.300. The maximum absolute atomic E-state index is 12.7. The third-order valence-electron chi connectivity index (χ3n) is 4.70. The van der Waals surface area contributed by atoms with Gasteiger partial charge in [0.05, 0.1) is 6.54 Å². The fourth-order valence-corrected chi connectivity index (χ4v) is 3.06. The Balaban J connectivity index is 1.78. The Morgan fingerprint density at radius 1 is 0.960 bits per heavy atom. The summed E-state index contributed by atoms with van der Waals surface area (Å²) >= 11 is 0. The van der Waals surface area contributed by atoms with Crippen LogP contribution in [0.4, 0.5) is 4.79 Å². The van der Waals surface area contributed by atoms with Crippen LogP contribution in [-0.2, 0) is 22.7 Å². The summed E-state index contributed by atoms with van der Waals surface area (Å²) < 4.78 is 5.42. The van der Waals surface area contributed by atoms with Gasteiger partial charge in [0.2, 0.25) is 0 Å². The number of hydrogen-bond donors (Lipinski definition) is 1. The van der Waals surface area contributed by atoms with Crippen molar-refractivity contribution in [2.45, 2.75) is 38.0 Å². The van der Waals surface area contributed by atoms with Gasteiger partial charge in [0, 0.05) is 0 Å². The number of amides is 1. The molecule has 3 rings (SSSR count). The molecule has 0 aromatic heterocycles. The van der Waals surface area contributed by atoms with Crippen molar-refractivity contribution in [1.29, 1.82) is 0 Å². The van der Waals surface area contributed by atoms with Crippen LogP contribution in [0, 0.1) is 0 Å². The van der Waals surface area contributed by atoms with Crippen LogP contribution in [0.3, 0.4) is 0 Å². The Hall–Kier alpha value is -2.82. The smallest absolute Gasteiger partial charge is 0.411 e. The average Bonchev–Trinajstić information content (AvgIpc) is 2.59. The first kappa shape index (κ1) is 17.0. The molecule has 1 N–H and O–H groups in total. The number of rotatable bonds is 6. The van der Waals surface area contributed by atoms with E-state index in [2.05, 4.69) is 0 Å². The first-order chi connectivity index (χ1) is 12.1. The molecule has 0 saturated heterocycles. The molecule has 25 heavy (non-hydrogen) atoms. The number of hydrogen-bond acceptors (Lipinski definition) is 3. The summed E-state index contributed by atoms with van der Waals surface area (Å²) in [5.74, 6) is -0.966. The summed E-state index contributed by atoms with van der Waals surface area (Å²) in [5, 5.41) is 9.72. The number of carboxylic acids is 1. The number of carboxylic acid groups (broad SMARTS) is 1. The molecule has 1 amide bonds. The van der Waals surface area contributed by atoms with Crippen molar-refractivity contribution in [1.82, 2.24) is 4.90 Å². The zero-order chi connectivity index (χ0) is 17.7. The Bertz CT molecular complexity index is 726. The van der Waals surface area contributed by atoms with E-state index in [1.165, 1.54) is 4.90 Å². The molecule has 1 aliphatic carbocycles. The largest absolute Gasteiger partial charge is 0.479 e. The molecule has 1 aliphatic rings. The SMILES string of the molecule is O=C(OCc1ccccc1)N(Cc1ccccc1)C1(C(=O)O)CCC1. The van der Waals surface area contributed by atoms with E-state index < -0.39 is 17.6 Å². The molecule has 0 spiro atoms. The quantitative estimate of drug-likeness (QED) is 0.868. The van der Waals surface area contributed by atoms with Gasteiger partial charge in [-0.2, -0.15) is 0 Å². The van der Waals surface area contributed by atoms with Gasteiger partial charge in [0.15, 0.2) is 0 Å². The first-order valence-corrected chi connectivity index (χ1v) is 8.37. The van der Waals surface area contributed by atoms with Crippen LogP contribution in [0.5, 0.6) is 0 Å². The van der Waals surface area contributed by atoms with E-state index in [0.29, 0.717) is 12.8 Å². The van der Waals surface area contributed by atoms with Gasteiger partial charge in [0.1, 0.15) is 12.1 Å². The molecule has 1 saturated carbocycles. The Kier molecular flexibility index (Phi) is 5.03. The highest BCUT2D eigenvalue weighted by Gasteiger charge is 2.52. The topological polar surface area (TPSA) is 66.8 Å². The van der Waals surface area contributed by atoms with Crippen molar-refractivity contribution >= 4 is 12.1 Å². The summed E-state index contributed by atoms with van der Waals surface area (Å²) in [6.45, 7) is 0.349. The van der Waals surface area contributed by atoms with Crippen molar-refractivity contribution < 1.29 is 19.4 Å². The summed E-state index contributed by atoms with van der Waals surface area (Å²) in [7, 11) is 0. The van der Waals surface area contributed by atoms with Gasteiger partial charge >= 0.3 is 12.1 Å². The minimum atomic E-state index is -1.16. The zero-order valence-corrected chi connectivity index (χ0v) is 13.9. The van der Waals surface area contributed by atoms with Crippen molar-refractivity contribution in [2.24, 2.45) is 0 Å². The van der Waals surface area contributed by atoms with Crippen molar-refractivity contribution in [3.63, 3.8) is 0 Å². The van der Waals surface area contributed by atoms with Gasteiger partial charge in [-0.1, -0.05) is 60.7 Å². The fourth-order valence-electron chi connectivity index (χ4n) is 3.06. The summed E-state index contributed by atoms with van der Waals surface area (Å²) in [4.78, 5) is 25.9. The van der Waals surface area contributed by atoms with Crippen molar-refractivity contribution in [3.8, 4) is 0 Å². The molecular formula is C20H21NO4. The van der Waals surface area contributed by atoms with Gasteiger partial charge in [-0.05, 0) is 30.4 Å². The molecule has 0 unspecified atom stereocenters. The van der Waals surface area contributed by atoms with E-state index >= 15 is 0 Å². The van der Waals surface area contributed by atoms with E-state index in [4.69, 9.17) is 4.74 Å². The Morgan fingerprint density at radius 3 is 2.00 bits per heavy atom. The zero-order valence-electron chi connectivity index (χ0n) is 13.9.